The van der Waals surface area contributed by atoms with Crippen molar-refractivity contribution in [2.45, 2.75) is 38.7 Å². The van der Waals surface area contributed by atoms with Gasteiger partial charge in [0, 0.05) is 13.2 Å². The molecule has 0 bridgehead atoms. The third-order valence-corrected chi connectivity index (χ3v) is 3.34. The molecule has 2 rings (SSSR count). The molecule has 1 saturated carbocycles. The smallest absolute Gasteiger partial charge is 0.361 e. The van der Waals surface area contributed by atoms with Crippen LogP contribution < -0.4 is 5.73 Å². The monoisotopic (exact) mass is 237 g/mol. The zero-order valence-corrected chi connectivity index (χ0v) is 10.3. The molecule has 1 aromatic heterocycles. The van der Waals surface area contributed by atoms with Crippen LogP contribution in [0.2, 0.25) is 0 Å². The van der Waals surface area contributed by atoms with Gasteiger partial charge in [-0.05, 0) is 25.2 Å². The van der Waals surface area contributed by atoms with Crippen molar-refractivity contribution in [2.75, 3.05) is 5.73 Å². The van der Waals surface area contributed by atoms with Crippen LogP contribution in [0.5, 0.6) is 0 Å². The van der Waals surface area contributed by atoms with Crippen molar-refractivity contribution in [3.8, 4) is 0 Å². The first kappa shape index (κ1) is 12.0. The Morgan fingerprint density at radius 1 is 1.53 bits per heavy atom. The second-order valence-corrected chi connectivity index (χ2v) is 4.81. The van der Waals surface area contributed by atoms with E-state index in [0.717, 1.165) is 19.3 Å². The van der Waals surface area contributed by atoms with Gasteiger partial charge in [0.05, 0.1) is 5.69 Å². The minimum absolute atomic E-state index is 0.0117. The van der Waals surface area contributed by atoms with Crippen LogP contribution in [-0.2, 0) is 11.8 Å². The molecule has 17 heavy (non-hydrogen) atoms. The maximum atomic E-state index is 11.9. The van der Waals surface area contributed by atoms with Gasteiger partial charge in [0.2, 0.25) is 0 Å². The van der Waals surface area contributed by atoms with Gasteiger partial charge in [-0.1, -0.05) is 13.3 Å². The highest BCUT2D eigenvalue weighted by atomic mass is 16.5. The Bertz CT molecular complexity index is 414. The number of esters is 1. The topological polar surface area (TPSA) is 70.1 Å². The molecule has 2 unspecified atom stereocenters. The van der Waals surface area contributed by atoms with Crippen LogP contribution in [0.1, 0.15) is 43.1 Å². The van der Waals surface area contributed by atoms with Crippen LogP contribution in [0.15, 0.2) is 6.20 Å². The SMILES string of the molecule is CC1CCCCC1OC(=O)c1nn(C)cc1N. The van der Waals surface area contributed by atoms with Crippen molar-refractivity contribution < 1.29 is 9.53 Å². The molecule has 94 valence electrons. The van der Waals surface area contributed by atoms with Gasteiger partial charge in [0.15, 0.2) is 5.69 Å². The third-order valence-electron chi connectivity index (χ3n) is 3.34. The molecule has 2 N–H and O–H groups in total. The van der Waals surface area contributed by atoms with Gasteiger partial charge in [0.25, 0.3) is 0 Å². The predicted molar refractivity (Wildman–Crippen MR) is 64.5 cm³/mol. The standard InChI is InChI=1S/C12H19N3O2/c1-8-5-3-4-6-10(8)17-12(16)11-9(13)7-15(2)14-11/h7-8,10H,3-6,13H2,1-2H3. The molecule has 0 saturated heterocycles. The fraction of sp³-hybridized carbons (Fsp3) is 0.667. The molecule has 0 amide bonds. The summed E-state index contributed by atoms with van der Waals surface area (Å²) in [7, 11) is 1.73. The maximum Gasteiger partial charge on any atom is 0.361 e. The number of rotatable bonds is 2. The average Bonchev–Trinajstić information content (AvgIpc) is 2.61. The number of anilines is 1. The number of aryl methyl sites for hydroxylation is 1. The second-order valence-electron chi connectivity index (χ2n) is 4.81. The summed E-state index contributed by atoms with van der Waals surface area (Å²) in [5.74, 6) is 0.0273. The summed E-state index contributed by atoms with van der Waals surface area (Å²) in [6, 6.07) is 0. The van der Waals surface area contributed by atoms with E-state index in [9.17, 15) is 4.79 Å². The van der Waals surface area contributed by atoms with Crippen LogP contribution in [-0.4, -0.2) is 21.9 Å². The summed E-state index contributed by atoms with van der Waals surface area (Å²) in [6.07, 6.45) is 6.04. The molecule has 0 radical (unpaired) electrons. The van der Waals surface area contributed by atoms with Gasteiger partial charge in [-0.3, -0.25) is 4.68 Å². The first-order valence-corrected chi connectivity index (χ1v) is 6.08. The Balaban J connectivity index is 2.03. The van der Waals surface area contributed by atoms with Gasteiger partial charge in [-0.2, -0.15) is 5.10 Å². The van der Waals surface area contributed by atoms with Crippen LogP contribution in [0, 0.1) is 5.92 Å². The van der Waals surface area contributed by atoms with Gasteiger partial charge in [0.1, 0.15) is 6.10 Å². The summed E-state index contributed by atoms with van der Waals surface area (Å²) >= 11 is 0. The summed E-state index contributed by atoms with van der Waals surface area (Å²) in [5.41, 5.74) is 6.30. The van der Waals surface area contributed by atoms with Gasteiger partial charge in [-0.25, -0.2) is 4.79 Å². The summed E-state index contributed by atoms with van der Waals surface area (Å²) in [5, 5.41) is 4.02. The third kappa shape index (κ3) is 2.60. The van der Waals surface area contributed by atoms with E-state index in [0.29, 0.717) is 11.6 Å². The van der Waals surface area contributed by atoms with E-state index in [2.05, 4.69) is 12.0 Å². The Hall–Kier alpha value is -1.52. The van der Waals surface area contributed by atoms with Gasteiger partial charge in [-0.15, -0.1) is 0 Å². The molecular weight excluding hydrogens is 218 g/mol. The highest BCUT2D eigenvalue weighted by Gasteiger charge is 2.27. The fourth-order valence-electron chi connectivity index (χ4n) is 2.32. The van der Waals surface area contributed by atoms with E-state index in [1.165, 1.54) is 11.1 Å². The molecule has 1 aliphatic carbocycles. The number of aromatic nitrogens is 2. The number of hydrogen-bond acceptors (Lipinski definition) is 4. The highest BCUT2D eigenvalue weighted by molar-refractivity contribution is 5.92. The van der Waals surface area contributed by atoms with E-state index in [-0.39, 0.29) is 11.8 Å². The van der Waals surface area contributed by atoms with Crippen molar-refractivity contribution in [1.82, 2.24) is 9.78 Å². The predicted octanol–water partition coefficient (Wildman–Crippen LogP) is 1.74. The molecule has 2 atom stereocenters. The van der Waals surface area contributed by atoms with Crippen LogP contribution in [0.3, 0.4) is 0 Å². The molecule has 5 nitrogen and oxygen atoms in total. The minimum Gasteiger partial charge on any atom is -0.457 e. The number of ether oxygens (including phenoxy) is 1. The normalized spacial score (nSPS) is 24.6. The van der Waals surface area contributed by atoms with Crippen LogP contribution >= 0.6 is 0 Å². The Labute approximate surface area is 101 Å². The maximum absolute atomic E-state index is 11.9. The molecule has 0 spiro atoms. The summed E-state index contributed by atoms with van der Waals surface area (Å²) < 4.78 is 7.01. The number of nitrogens with two attached hydrogens (primary N) is 1. The molecule has 1 aliphatic rings. The second kappa shape index (κ2) is 4.77. The summed E-state index contributed by atoms with van der Waals surface area (Å²) in [6.45, 7) is 2.12. The van der Waals surface area contributed by atoms with E-state index in [1.54, 1.807) is 13.2 Å². The first-order valence-electron chi connectivity index (χ1n) is 6.08. The molecule has 1 aromatic rings. The zero-order chi connectivity index (χ0) is 12.4. The minimum atomic E-state index is -0.401. The van der Waals surface area contributed by atoms with Crippen LogP contribution in [0.4, 0.5) is 5.69 Å². The quantitative estimate of drug-likeness (QED) is 0.795. The molecule has 0 aliphatic heterocycles. The number of nitrogens with zero attached hydrogens (tertiary/aromatic N) is 2. The highest BCUT2D eigenvalue weighted by Crippen LogP contribution is 2.27. The number of carbonyl (C=O) groups excluding carboxylic acids is 1. The largest absolute Gasteiger partial charge is 0.457 e. The lowest BCUT2D eigenvalue weighted by molar-refractivity contribution is 0.00424. The first-order chi connectivity index (χ1) is 8.08. The van der Waals surface area contributed by atoms with E-state index < -0.39 is 5.97 Å². The lowest BCUT2D eigenvalue weighted by Gasteiger charge is -2.28. The van der Waals surface area contributed by atoms with Crippen molar-refractivity contribution in [3.63, 3.8) is 0 Å². The fourth-order valence-corrected chi connectivity index (χ4v) is 2.32. The number of nitrogen functional groups attached to an aromatic ring is 1. The molecule has 5 heteroatoms. The Morgan fingerprint density at radius 3 is 2.82 bits per heavy atom. The van der Waals surface area contributed by atoms with Crippen LogP contribution in [0.25, 0.3) is 0 Å². The molecule has 0 aromatic carbocycles. The number of hydrogen-bond donors (Lipinski definition) is 1. The van der Waals surface area contributed by atoms with E-state index in [4.69, 9.17) is 10.5 Å². The van der Waals surface area contributed by atoms with Gasteiger partial charge >= 0.3 is 5.97 Å². The van der Waals surface area contributed by atoms with E-state index in [1.807, 2.05) is 0 Å². The molecule has 1 fully saturated rings. The van der Waals surface area contributed by atoms with E-state index >= 15 is 0 Å². The van der Waals surface area contributed by atoms with Crippen molar-refractivity contribution >= 4 is 11.7 Å². The lowest BCUT2D eigenvalue weighted by Crippen LogP contribution is -2.28. The Morgan fingerprint density at radius 2 is 2.24 bits per heavy atom. The van der Waals surface area contributed by atoms with Gasteiger partial charge < -0.3 is 10.5 Å². The average molecular weight is 237 g/mol. The lowest BCUT2D eigenvalue weighted by atomic mass is 9.88. The molecular formula is C12H19N3O2. The summed E-state index contributed by atoms with van der Waals surface area (Å²) in [4.78, 5) is 11.9. The van der Waals surface area contributed by atoms with Crippen molar-refractivity contribution in [2.24, 2.45) is 13.0 Å². The molecule has 1 heterocycles. The Kier molecular flexibility index (Phi) is 3.36. The number of carbonyl (C=O) groups is 1. The van der Waals surface area contributed by atoms with Crippen molar-refractivity contribution in [3.05, 3.63) is 11.9 Å². The van der Waals surface area contributed by atoms with Crippen molar-refractivity contribution in [1.29, 1.82) is 0 Å². The zero-order valence-electron chi connectivity index (χ0n) is 10.3.